The summed E-state index contributed by atoms with van der Waals surface area (Å²) in [6, 6.07) is 10.5. The average Bonchev–Trinajstić information content (AvgIpc) is 3.05. The second kappa shape index (κ2) is 9.04. The number of carbonyl (C=O) groups excluding carboxylic acids is 1. The molecular formula is C23H27N3O2S2. The summed E-state index contributed by atoms with van der Waals surface area (Å²) in [4.78, 5) is 24.2. The van der Waals surface area contributed by atoms with Gasteiger partial charge >= 0.3 is 0 Å². The largest absolute Gasteiger partial charge is 0.381 e. The quantitative estimate of drug-likeness (QED) is 0.448. The van der Waals surface area contributed by atoms with Crippen molar-refractivity contribution in [2.45, 2.75) is 44.1 Å². The van der Waals surface area contributed by atoms with Crippen LogP contribution in [0.4, 0.5) is 0 Å². The van der Waals surface area contributed by atoms with Crippen molar-refractivity contribution in [3.63, 3.8) is 0 Å². The molecule has 0 atom stereocenters. The summed E-state index contributed by atoms with van der Waals surface area (Å²) in [6.45, 7) is 8.21. The maximum Gasteiger partial charge on any atom is 0.230 e. The highest BCUT2D eigenvalue weighted by Gasteiger charge is 2.34. The van der Waals surface area contributed by atoms with Gasteiger partial charge in [-0.2, -0.15) is 0 Å². The Labute approximate surface area is 185 Å². The number of amides is 1. The molecule has 3 aromatic rings. The van der Waals surface area contributed by atoms with E-state index in [-0.39, 0.29) is 11.3 Å². The molecule has 1 N–H and O–H groups in total. The van der Waals surface area contributed by atoms with Crippen molar-refractivity contribution in [1.29, 1.82) is 0 Å². The molecule has 0 spiro atoms. The highest BCUT2D eigenvalue weighted by molar-refractivity contribution is 8.00. The minimum Gasteiger partial charge on any atom is -0.381 e. The van der Waals surface area contributed by atoms with Gasteiger partial charge in [0, 0.05) is 35.4 Å². The summed E-state index contributed by atoms with van der Waals surface area (Å²) >= 11 is 3.19. The molecule has 1 fully saturated rings. The number of carbonyl (C=O) groups is 1. The van der Waals surface area contributed by atoms with Crippen molar-refractivity contribution in [3.8, 4) is 0 Å². The van der Waals surface area contributed by atoms with E-state index in [4.69, 9.17) is 4.74 Å². The Kier molecular flexibility index (Phi) is 6.41. The minimum atomic E-state index is -0.0559. The summed E-state index contributed by atoms with van der Waals surface area (Å²) in [5.41, 5.74) is 2.43. The van der Waals surface area contributed by atoms with Crippen molar-refractivity contribution >= 4 is 39.2 Å². The monoisotopic (exact) mass is 441 g/mol. The van der Waals surface area contributed by atoms with E-state index in [9.17, 15) is 4.79 Å². The Balaban J connectivity index is 1.44. The van der Waals surface area contributed by atoms with Gasteiger partial charge < -0.3 is 10.1 Å². The number of hydrogen-bond acceptors (Lipinski definition) is 6. The molecule has 5 nitrogen and oxygen atoms in total. The molecule has 1 aliphatic rings. The molecule has 2 aromatic heterocycles. The number of rotatable bonds is 6. The molecule has 3 heterocycles. The van der Waals surface area contributed by atoms with Gasteiger partial charge in [-0.3, -0.25) is 4.79 Å². The van der Waals surface area contributed by atoms with Crippen LogP contribution in [0.2, 0.25) is 0 Å². The van der Waals surface area contributed by atoms with Crippen LogP contribution >= 0.6 is 23.1 Å². The zero-order valence-corrected chi connectivity index (χ0v) is 19.3. The van der Waals surface area contributed by atoms with Crippen molar-refractivity contribution in [1.82, 2.24) is 15.3 Å². The average molecular weight is 442 g/mol. The normalized spacial score (nSPS) is 16.0. The lowest BCUT2D eigenvalue weighted by Crippen LogP contribution is -2.45. The third kappa shape index (κ3) is 4.38. The fourth-order valence-electron chi connectivity index (χ4n) is 3.99. The fourth-order valence-corrected chi connectivity index (χ4v) is 6.09. The van der Waals surface area contributed by atoms with Crippen molar-refractivity contribution < 1.29 is 9.53 Å². The second-order valence-corrected chi connectivity index (χ2v) is 10.0. The lowest BCUT2D eigenvalue weighted by Gasteiger charge is -2.38. The molecule has 0 bridgehead atoms. The summed E-state index contributed by atoms with van der Waals surface area (Å²) in [7, 11) is 0. The van der Waals surface area contributed by atoms with E-state index in [0.717, 1.165) is 47.1 Å². The molecule has 7 heteroatoms. The van der Waals surface area contributed by atoms with E-state index in [1.807, 2.05) is 13.0 Å². The molecule has 1 amide bonds. The van der Waals surface area contributed by atoms with Gasteiger partial charge in [0.15, 0.2) is 0 Å². The molecule has 0 unspecified atom stereocenters. The number of hydrogen-bond donors (Lipinski definition) is 1. The van der Waals surface area contributed by atoms with Crippen LogP contribution in [-0.2, 0) is 14.9 Å². The Hall–Kier alpha value is -1.96. The predicted molar refractivity (Wildman–Crippen MR) is 124 cm³/mol. The molecule has 0 aliphatic carbocycles. The number of benzene rings is 1. The van der Waals surface area contributed by atoms with Gasteiger partial charge in [-0.25, -0.2) is 9.97 Å². The van der Waals surface area contributed by atoms with Crippen LogP contribution in [-0.4, -0.2) is 41.4 Å². The molecule has 1 saturated heterocycles. The van der Waals surface area contributed by atoms with Gasteiger partial charge in [0.05, 0.1) is 5.75 Å². The topological polar surface area (TPSA) is 64.1 Å². The van der Waals surface area contributed by atoms with Gasteiger partial charge in [-0.1, -0.05) is 42.1 Å². The lowest BCUT2D eigenvalue weighted by atomic mass is 9.74. The van der Waals surface area contributed by atoms with Crippen LogP contribution in [0, 0.1) is 20.8 Å². The van der Waals surface area contributed by atoms with Crippen LogP contribution in [0.25, 0.3) is 10.2 Å². The fraction of sp³-hybridized carbons (Fsp3) is 0.435. The second-order valence-electron chi connectivity index (χ2n) is 7.86. The molecule has 1 aliphatic heterocycles. The molecule has 4 rings (SSSR count). The predicted octanol–water partition coefficient (Wildman–Crippen LogP) is 4.57. The van der Waals surface area contributed by atoms with Gasteiger partial charge in [0.2, 0.25) is 5.91 Å². The van der Waals surface area contributed by atoms with Crippen molar-refractivity contribution in [2.75, 3.05) is 25.5 Å². The molecule has 30 heavy (non-hydrogen) atoms. The van der Waals surface area contributed by atoms with E-state index < -0.39 is 0 Å². The van der Waals surface area contributed by atoms with Crippen LogP contribution in [0.3, 0.4) is 0 Å². The number of thiophene rings is 1. The number of ether oxygens (including phenoxy) is 1. The van der Waals surface area contributed by atoms with Crippen LogP contribution < -0.4 is 5.32 Å². The number of fused-ring (bicyclic) bond motifs is 1. The van der Waals surface area contributed by atoms with Crippen LogP contribution in [0.1, 0.15) is 34.7 Å². The van der Waals surface area contributed by atoms with Gasteiger partial charge in [0.1, 0.15) is 15.7 Å². The maximum atomic E-state index is 12.7. The minimum absolute atomic E-state index is 0.0378. The first kappa shape index (κ1) is 21.3. The van der Waals surface area contributed by atoms with E-state index in [1.54, 1.807) is 11.3 Å². The van der Waals surface area contributed by atoms with Gasteiger partial charge in [-0.15, -0.1) is 11.3 Å². The number of nitrogens with zero attached hydrogens (tertiary/aromatic N) is 2. The first-order valence-electron chi connectivity index (χ1n) is 10.3. The van der Waals surface area contributed by atoms with E-state index in [0.29, 0.717) is 12.3 Å². The lowest BCUT2D eigenvalue weighted by molar-refractivity contribution is -0.119. The van der Waals surface area contributed by atoms with Crippen molar-refractivity contribution in [3.05, 3.63) is 52.2 Å². The molecular weight excluding hydrogens is 414 g/mol. The Morgan fingerprint density at radius 3 is 2.63 bits per heavy atom. The Morgan fingerprint density at radius 1 is 1.17 bits per heavy atom. The zero-order valence-electron chi connectivity index (χ0n) is 17.7. The van der Waals surface area contributed by atoms with Gasteiger partial charge in [-0.05, 0) is 44.7 Å². The summed E-state index contributed by atoms with van der Waals surface area (Å²) in [6.07, 6.45) is 1.84. The van der Waals surface area contributed by atoms with E-state index >= 15 is 0 Å². The first-order valence-corrected chi connectivity index (χ1v) is 12.1. The molecule has 0 saturated carbocycles. The van der Waals surface area contributed by atoms with Crippen LogP contribution in [0.5, 0.6) is 0 Å². The standard InChI is InChI=1S/C23H27N3O2S2/c1-15-16(2)30-22-20(15)21(25-17(3)26-22)29-13-19(27)24-14-23(9-11-28-12-10-23)18-7-5-4-6-8-18/h4-8H,9-14H2,1-3H3,(H,24,27). The SMILES string of the molecule is Cc1nc(SCC(=O)NCC2(c3ccccc3)CCOCC2)c2c(C)c(C)sc2n1. The molecule has 158 valence electrons. The number of aryl methyl sites for hydroxylation is 3. The van der Waals surface area contributed by atoms with Crippen LogP contribution in [0.15, 0.2) is 35.4 Å². The third-order valence-corrected chi connectivity index (χ3v) is 7.98. The van der Waals surface area contributed by atoms with E-state index in [1.165, 1.54) is 27.8 Å². The highest BCUT2D eigenvalue weighted by atomic mass is 32.2. The molecule has 0 radical (unpaired) electrons. The summed E-state index contributed by atoms with van der Waals surface area (Å²) in [5, 5.41) is 5.18. The first-order chi connectivity index (χ1) is 14.5. The number of aromatic nitrogens is 2. The zero-order chi connectivity index (χ0) is 21.1. The van der Waals surface area contributed by atoms with E-state index in [2.05, 4.69) is 53.4 Å². The third-order valence-electron chi connectivity index (χ3n) is 5.91. The Bertz CT molecular complexity index is 1040. The smallest absolute Gasteiger partial charge is 0.230 e. The summed E-state index contributed by atoms with van der Waals surface area (Å²) in [5.74, 6) is 1.13. The number of nitrogens with one attached hydrogen (secondary N) is 1. The number of thioether (sulfide) groups is 1. The van der Waals surface area contributed by atoms with Gasteiger partial charge in [0.25, 0.3) is 0 Å². The molecule has 1 aromatic carbocycles. The summed E-state index contributed by atoms with van der Waals surface area (Å²) < 4.78 is 5.59. The maximum absolute atomic E-state index is 12.7. The Morgan fingerprint density at radius 2 is 1.90 bits per heavy atom. The van der Waals surface area contributed by atoms with Crippen molar-refractivity contribution in [2.24, 2.45) is 0 Å². The highest BCUT2D eigenvalue weighted by Crippen LogP contribution is 2.36.